The molecule has 0 unspecified atom stereocenters. The summed E-state index contributed by atoms with van der Waals surface area (Å²) in [6.07, 6.45) is 8.76. The van der Waals surface area contributed by atoms with E-state index in [1.54, 1.807) is 132 Å². The summed E-state index contributed by atoms with van der Waals surface area (Å²) in [6, 6.07) is 21.2. The van der Waals surface area contributed by atoms with Crippen LogP contribution in [0.3, 0.4) is 0 Å². The maximum atomic E-state index is 12.0. The maximum absolute atomic E-state index is 12.0. The summed E-state index contributed by atoms with van der Waals surface area (Å²) >= 11 is 6.10. The summed E-state index contributed by atoms with van der Waals surface area (Å²) in [7, 11) is 3.25. The van der Waals surface area contributed by atoms with E-state index < -0.39 is 57.8 Å². The van der Waals surface area contributed by atoms with Gasteiger partial charge in [0.25, 0.3) is 35.4 Å². The fourth-order valence-electron chi connectivity index (χ4n) is 10.2. The van der Waals surface area contributed by atoms with Crippen molar-refractivity contribution in [2.24, 2.45) is 22.9 Å². The van der Waals surface area contributed by atoms with Gasteiger partial charge in [-0.05, 0) is 115 Å². The molecule has 3 aliphatic rings. The molecule has 3 fully saturated rings. The molecule has 0 aromatic carbocycles. The van der Waals surface area contributed by atoms with Crippen molar-refractivity contribution in [1.29, 1.82) is 0 Å². The van der Waals surface area contributed by atoms with E-state index in [9.17, 15) is 49.2 Å². The van der Waals surface area contributed by atoms with Gasteiger partial charge in [0.1, 0.15) is 28.7 Å². The van der Waals surface area contributed by atoms with Crippen LogP contribution in [0, 0.1) is 75.1 Å². The normalized spacial score (nSPS) is 16.8. The standard InChI is InChI=1S/C19H19N5O3.C18H16ClN5O3.C18H17N5O3.C16H16N6O3/c1-23-9-7-19(27,18(23)26)6-4-12-5-8-21-16(10-12)24-15(13-2-3-13)11-14(22-24)17(20)25;1-10-8-13(23-27-10)18(3,26)6-4-12-5-7-21-14(9-12)24-11(2)15(19)16(22-24)17(20)25;1-11-8-14(17(19)24)21-23(11)16-10-13(5-7-20-16)4-6-18(3,25)15-9-12(2)26-22-15;1-21-7-5-16(25,15(21)24)4-2-10-3-6-19-13(8-10)22-12(17)9-11(20-22)14(18)23/h5,8,10-11,13,27H,2-3,7,9H2,1H3,(H2,20,25);5,7-9,26H,1-3H3,(H2,20,25);5,7-10,25H,1-3H3,(H2,19,24);3,6,8-9,25H,5,7,17H2,1H3,(H2,18,23)/t19-;2*18-;16-/m0110/s1. The number of hydrogen-bond donors (Lipinski definition) is 9. The highest BCUT2D eigenvalue weighted by atomic mass is 35.5. The van der Waals surface area contributed by atoms with E-state index in [1.807, 2.05) is 0 Å². The summed E-state index contributed by atoms with van der Waals surface area (Å²) in [5, 5.41) is 66.0. The van der Waals surface area contributed by atoms with Gasteiger partial charge in [-0.3, -0.25) is 28.8 Å². The molecule has 13 rings (SSSR count). The minimum Gasteiger partial charge on any atom is -0.384 e. The number of pyridine rings is 4. The van der Waals surface area contributed by atoms with Crippen molar-refractivity contribution in [3.63, 3.8) is 0 Å². The molecule has 0 spiro atoms. The van der Waals surface area contributed by atoms with Gasteiger partial charge in [-0.1, -0.05) is 69.3 Å². The third-order valence-electron chi connectivity index (χ3n) is 16.2. The zero-order chi connectivity index (χ0) is 76.0. The van der Waals surface area contributed by atoms with Gasteiger partial charge in [-0.2, -0.15) is 25.1 Å². The molecule has 6 amide bonds. The first-order valence-electron chi connectivity index (χ1n) is 31.9. The number of likely N-dealkylation sites (N-methyl/N-ethyl adjacent to an activating group) is 2. The van der Waals surface area contributed by atoms with E-state index in [4.69, 9.17) is 49.3 Å². The number of aromatic nitrogens is 14. The largest absolute Gasteiger partial charge is 0.384 e. The first-order chi connectivity index (χ1) is 49.6. The predicted octanol–water partition coefficient (Wildman–Crippen LogP) is 2.20. The number of carbonyl (C=O) groups excluding carboxylic acids is 6. The molecule has 4 atom stereocenters. The van der Waals surface area contributed by atoms with Crippen LogP contribution in [-0.2, 0) is 20.8 Å². The second-order valence-corrected chi connectivity index (χ2v) is 25.2. The lowest BCUT2D eigenvalue weighted by molar-refractivity contribution is -0.138. The molecular weight excluding hydrogens is 1370 g/mol. The first-order valence-corrected chi connectivity index (χ1v) is 32.2. The number of amides is 6. The van der Waals surface area contributed by atoms with E-state index >= 15 is 0 Å². The molecule has 10 aromatic heterocycles. The minimum atomic E-state index is -1.68. The second-order valence-electron chi connectivity index (χ2n) is 24.8. The SMILES string of the molecule is CN1CC[C@@](O)(C#Cc2ccnc(-n3nc(C(N)=O)cc3C3CC3)c2)C1=O.CN1CC[C@@](O)(C#Cc2ccnc(-n3nc(C(N)=O)cc3N)c2)C1=O.Cc1cc([C@](C)(O)C#Cc2ccnc(-n3nc(C(N)=O)c(Cl)c3C)c2)no1.Cc1cc([C@](C)(O)C#Cc2ccnc(-n3nc(C(N)=O)cc3C)c2)no1. The smallest absolute Gasteiger partial charge is 0.270 e. The van der Waals surface area contributed by atoms with Crippen LogP contribution < -0.4 is 28.7 Å². The van der Waals surface area contributed by atoms with E-state index in [0.717, 1.165) is 18.5 Å². The highest BCUT2D eigenvalue weighted by Crippen LogP contribution is 2.41. The Balaban J connectivity index is 0.000000150. The lowest BCUT2D eigenvalue weighted by atomic mass is 10.0. The van der Waals surface area contributed by atoms with E-state index in [0.29, 0.717) is 98.8 Å². The Bertz CT molecular complexity index is 5360. The summed E-state index contributed by atoms with van der Waals surface area (Å²) < 4.78 is 15.7. The van der Waals surface area contributed by atoms with Gasteiger partial charge in [0.2, 0.25) is 11.2 Å². The third-order valence-corrected chi connectivity index (χ3v) is 16.7. The summed E-state index contributed by atoms with van der Waals surface area (Å²) in [4.78, 5) is 89.1. The topological polar surface area (TPSA) is 495 Å². The fourth-order valence-corrected chi connectivity index (χ4v) is 10.4. The third kappa shape index (κ3) is 17.3. The number of rotatable bonds is 11. The molecule has 0 bridgehead atoms. The van der Waals surface area contributed by atoms with Gasteiger partial charge in [0.05, 0.1) is 10.7 Å². The summed E-state index contributed by atoms with van der Waals surface area (Å²) in [5.74, 6) is 22.3. The highest BCUT2D eigenvalue weighted by Gasteiger charge is 2.43. The molecule has 536 valence electrons. The van der Waals surface area contributed by atoms with Crippen LogP contribution in [0.15, 0.2) is 113 Å². The Hall–Kier alpha value is -13.2. The lowest BCUT2D eigenvalue weighted by Gasteiger charge is -2.13. The van der Waals surface area contributed by atoms with Crippen LogP contribution in [0.25, 0.3) is 23.3 Å². The van der Waals surface area contributed by atoms with Crippen molar-refractivity contribution < 1.29 is 58.2 Å². The number of aryl methyl sites for hydroxylation is 3. The predicted molar refractivity (Wildman–Crippen MR) is 374 cm³/mol. The Morgan fingerprint density at radius 3 is 1.30 bits per heavy atom. The molecule has 2 aliphatic heterocycles. The Morgan fingerprint density at radius 1 is 0.543 bits per heavy atom. The number of nitrogens with two attached hydrogens (primary N) is 5. The van der Waals surface area contributed by atoms with Crippen LogP contribution in [0.4, 0.5) is 5.82 Å². The van der Waals surface area contributed by atoms with Crippen LogP contribution in [-0.4, -0.2) is 173 Å². The number of halogens is 1. The summed E-state index contributed by atoms with van der Waals surface area (Å²) in [6.45, 7) is 10.9. The van der Waals surface area contributed by atoms with Crippen molar-refractivity contribution in [2.75, 3.05) is 32.9 Å². The second kappa shape index (κ2) is 30.2. The average Bonchev–Trinajstić information content (AvgIpc) is 1.63. The number of aliphatic hydroxyl groups is 4. The van der Waals surface area contributed by atoms with Crippen molar-refractivity contribution >= 4 is 52.9 Å². The van der Waals surface area contributed by atoms with Crippen molar-refractivity contribution in [3.8, 4) is 70.6 Å². The number of hydrogen-bond acceptors (Lipinski definition) is 23. The van der Waals surface area contributed by atoms with E-state index in [1.165, 1.54) is 56.2 Å². The van der Waals surface area contributed by atoms with E-state index in [2.05, 4.69) is 98.0 Å². The first kappa shape index (κ1) is 74.5. The zero-order valence-corrected chi connectivity index (χ0v) is 58.4. The molecular formula is C71H68ClN21O12. The summed E-state index contributed by atoms with van der Waals surface area (Å²) in [5.41, 5.74) is 26.0. The Labute approximate surface area is 603 Å². The van der Waals surface area contributed by atoms with Gasteiger partial charge in [-0.25, -0.2) is 34.0 Å². The number of primary amides is 4. The number of nitrogens with zero attached hydrogens (tertiary/aromatic N) is 16. The zero-order valence-electron chi connectivity index (χ0n) is 57.6. The van der Waals surface area contributed by atoms with Crippen LogP contribution in [0.1, 0.15) is 150 Å². The van der Waals surface area contributed by atoms with Gasteiger partial charge < -0.3 is 67.9 Å². The van der Waals surface area contributed by atoms with Crippen molar-refractivity contribution in [2.45, 2.75) is 95.5 Å². The Kier molecular flexibility index (Phi) is 21.4. The minimum absolute atomic E-state index is 0.0182. The molecule has 0 radical (unpaired) electrons. The number of nitrogen functional groups attached to an aromatic ring is 1. The van der Waals surface area contributed by atoms with Gasteiger partial charge in [-0.15, -0.1) is 0 Å². The molecule has 33 nitrogen and oxygen atoms in total. The number of anilines is 1. The van der Waals surface area contributed by atoms with Crippen LogP contribution in [0.2, 0.25) is 5.02 Å². The molecule has 34 heteroatoms. The van der Waals surface area contributed by atoms with Crippen LogP contribution in [0.5, 0.6) is 0 Å². The average molecular weight is 1440 g/mol. The fraction of sp³-hybridized carbons (Fsp3) is 0.268. The monoisotopic (exact) mass is 1440 g/mol. The lowest BCUT2D eigenvalue weighted by Crippen LogP contribution is -2.37. The molecule has 105 heavy (non-hydrogen) atoms. The highest BCUT2D eigenvalue weighted by molar-refractivity contribution is 6.34. The molecule has 12 heterocycles. The maximum Gasteiger partial charge on any atom is 0.270 e. The van der Waals surface area contributed by atoms with Crippen LogP contribution >= 0.6 is 11.6 Å². The molecule has 1 saturated carbocycles. The number of carbonyl (C=O) groups is 6. The molecule has 1 aliphatic carbocycles. The van der Waals surface area contributed by atoms with Crippen molar-refractivity contribution in [1.82, 2.24) is 79.2 Å². The van der Waals surface area contributed by atoms with Gasteiger partial charge >= 0.3 is 0 Å². The quantitative estimate of drug-likeness (QED) is 0.0838. The number of likely N-dealkylation sites (tertiary alicyclic amines) is 2. The molecule has 2 saturated heterocycles. The van der Waals surface area contributed by atoms with Gasteiger partial charge in [0.15, 0.2) is 57.2 Å². The molecule has 10 aromatic rings. The Morgan fingerprint density at radius 2 is 0.933 bits per heavy atom. The van der Waals surface area contributed by atoms with Gasteiger partial charge in [0, 0.05) is 123 Å². The van der Waals surface area contributed by atoms with E-state index in [-0.39, 0.29) is 46.5 Å². The molecule has 14 N–H and O–H groups in total. The van der Waals surface area contributed by atoms with Crippen molar-refractivity contribution in [3.05, 3.63) is 194 Å².